The standard InChI is InChI=1S/C24H33N3.ClH/c1-4-6-7-8-9-10-11-20-12-13-21(26-20)16-22-15-19(5-2)24(27-22)23-14-18(3)17-25-23;/h12-17,25-26H,4-11H2,1-3H3;1H. The average Bonchev–Trinajstić information content (AvgIpc) is 3.38. The Kier molecular flexibility index (Phi) is 8.85. The van der Waals surface area contributed by atoms with Crippen LogP contribution in [0.15, 0.2) is 46.7 Å². The highest BCUT2D eigenvalue weighted by Gasteiger charge is 2.16. The maximum absolute atomic E-state index is 4.87. The zero-order chi connectivity index (χ0) is 19.1. The number of nitrogens with zero attached hydrogens (tertiary/aromatic N) is 1. The molecule has 0 saturated carbocycles. The Hall–Kier alpha value is -2.00. The molecule has 0 unspecified atom stereocenters. The van der Waals surface area contributed by atoms with Crippen LogP contribution in [-0.4, -0.2) is 15.7 Å². The molecule has 0 aromatic carbocycles. The van der Waals surface area contributed by atoms with Crippen LogP contribution in [0.3, 0.4) is 0 Å². The molecule has 0 aliphatic carbocycles. The van der Waals surface area contributed by atoms with Crippen LogP contribution in [0.4, 0.5) is 0 Å². The van der Waals surface area contributed by atoms with Gasteiger partial charge in [0.15, 0.2) is 0 Å². The van der Waals surface area contributed by atoms with Gasteiger partial charge in [-0.2, -0.15) is 0 Å². The van der Waals surface area contributed by atoms with Crippen molar-refractivity contribution in [1.29, 1.82) is 0 Å². The highest BCUT2D eigenvalue weighted by molar-refractivity contribution is 6.14. The second-order valence-electron chi connectivity index (χ2n) is 7.60. The van der Waals surface area contributed by atoms with E-state index in [0.29, 0.717) is 0 Å². The SMILES string of the molecule is CCCCCCCCc1ccc(C=C2C=C(CC)C(c3cc(C)c[nH]3)=N2)[nH]1.Cl. The Labute approximate surface area is 175 Å². The third-order valence-electron chi connectivity index (χ3n) is 5.20. The molecule has 1 aliphatic heterocycles. The van der Waals surface area contributed by atoms with Crippen LogP contribution in [0.25, 0.3) is 6.08 Å². The van der Waals surface area contributed by atoms with Crippen LogP contribution < -0.4 is 0 Å². The second-order valence-corrected chi connectivity index (χ2v) is 7.60. The van der Waals surface area contributed by atoms with E-state index in [1.54, 1.807) is 0 Å². The average molecular weight is 400 g/mol. The zero-order valence-corrected chi connectivity index (χ0v) is 18.3. The van der Waals surface area contributed by atoms with E-state index in [2.05, 4.69) is 61.1 Å². The van der Waals surface area contributed by atoms with Crippen LogP contribution in [-0.2, 0) is 6.42 Å². The monoisotopic (exact) mass is 399 g/mol. The number of rotatable bonds is 10. The number of H-pyrrole nitrogens is 2. The predicted molar refractivity (Wildman–Crippen MR) is 124 cm³/mol. The summed E-state index contributed by atoms with van der Waals surface area (Å²) in [7, 11) is 0. The lowest BCUT2D eigenvalue weighted by Crippen LogP contribution is -2.01. The van der Waals surface area contributed by atoms with Crippen LogP contribution in [0.5, 0.6) is 0 Å². The molecule has 3 heterocycles. The van der Waals surface area contributed by atoms with Crippen LogP contribution in [0.1, 0.15) is 81.4 Å². The van der Waals surface area contributed by atoms with E-state index in [4.69, 9.17) is 4.99 Å². The molecule has 28 heavy (non-hydrogen) atoms. The first kappa shape index (κ1) is 22.3. The molecule has 0 radical (unpaired) electrons. The Morgan fingerprint density at radius 2 is 1.82 bits per heavy atom. The number of unbranched alkanes of at least 4 members (excludes halogenated alkanes) is 5. The first-order chi connectivity index (χ1) is 13.2. The molecule has 0 amide bonds. The van der Waals surface area contributed by atoms with Gasteiger partial charge in [-0.3, -0.25) is 0 Å². The van der Waals surface area contributed by atoms with Gasteiger partial charge in [0.05, 0.1) is 17.1 Å². The number of aryl methyl sites for hydroxylation is 2. The molecule has 152 valence electrons. The van der Waals surface area contributed by atoms with Gasteiger partial charge >= 0.3 is 0 Å². The molecular formula is C24H34ClN3. The number of hydrogen-bond acceptors (Lipinski definition) is 1. The van der Waals surface area contributed by atoms with Crippen LogP contribution >= 0.6 is 12.4 Å². The first-order valence-corrected chi connectivity index (χ1v) is 10.5. The van der Waals surface area contributed by atoms with Gasteiger partial charge in [-0.05, 0) is 67.7 Å². The zero-order valence-electron chi connectivity index (χ0n) is 17.5. The lowest BCUT2D eigenvalue weighted by atomic mass is 10.1. The van der Waals surface area contributed by atoms with Crippen molar-refractivity contribution in [2.75, 3.05) is 0 Å². The topological polar surface area (TPSA) is 43.9 Å². The largest absolute Gasteiger partial charge is 0.360 e. The van der Waals surface area contributed by atoms with Crippen LogP contribution in [0, 0.1) is 6.92 Å². The molecular weight excluding hydrogens is 366 g/mol. The maximum atomic E-state index is 4.87. The summed E-state index contributed by atoms with van der Waals surface area (Å²) in [5.41, 5.74) is 8.23. The summed E-state index contributed by atoms with van der Waals surface area (Å²) in [5, 5.41) is 0. The number of aromatic amines is 2. The summed E-state index contributed by atoms with van der Waals surface area (Å²) in [4.78, 5) is 11.8. The van der Waals surface area contributed by atoms with Crippen molar-refractivity contribution >= 4 is 24.2 Å². The molecule has 0 saturated heterocycles. The van der Waals surface area contributed by atoms with Crippen molar-refractivity contribution in [3.05, 3.63) is 64.4 Å². The number of aromatic nitrogens is 2. The van der Waals surface area contributed by atoms with E-state index in [0.717, 1.165) is 35.6 Å². The van der Waals surface area contributed by atoms with E-state index in [1.807, 2.05) is 6.20 Å². The summed E-state index contributed by atoms with van der Waals surface area (Å²) in [6.07, 6.45) is 16.6. The molecule has 0 atom stereocenters. The molecule has 2 N–H and O–H groups in total. The van der Waals surface area contributed by atoms with Gasteiger partial charge in [0.25, 0.3) is 0 Å². The van der Waals surface area contributed by atoms with Crippen molar-refractivity contribution in [2.24, 2.45) is 4.99 Å². The lowest BCUT2D eigenvalue weighted by Gasteiger charge is -2.00. The van der Waals surface area contributed by atoms with Crippen molar-refractivity contribution in [2.45, 2.75) is 72.1 Å². The minimum Gasteiger partial charge on any atom is -0.360 e. The van der Waals surface area contributed by atoms with E-state index in [-0.39, 0.29) is 12.4 Å². The van der Waals surface area contributed by atoms with E-state index < -0.39 is 0 Å². The van der Waals surface area contributed by atoms with Gasteiger partial charge in [0.2, 0.25) is 0 Å². The van der Waals surface area contributed by atoms with Crippen molar-refractivity contribution < 1.29 is 0 Å². The fourth-order valence-corrected chi connectivity index (χ4v) is 3.64. The summed E-state index contributed by atoms with van der Waals surface area (Å²) in [6.45, 7) is 6.56. The quantitative estimate of drug-likeness (QED) is 0.398. The van der Waals surface area contributed by atoms with Crippen molar-refractivity contribution in [3.63, 3.8) is 0 Å². The summed E-state index contributed by atoms with van der Waals surface area (Å²) >= 11 is 0. The van der Waals surface area contributed by atoms with Gasteiger partial charge in [0.1, 0.15) is 0 Å². The summed E-state index contributed by atoms with van der Waals surface area (Å²) in [5.74, 6) is 0. The number of aliphatic imine (C=N–C) groups is 1. The Balaban J connectivity index is 0.00000280. The molecule has 2 aromatic heterocycles. The Morgan fingerprint density at radius 3 is 2.54 bits per heavy atom. The molecule has 0 fully saturated rings. The van der Waals surface area contributed by atoms with Crippen molar-refractivity contribution in [3.8, 4) is 0 Å². The summed E-state index contributed by atoms with van der Waals surface area (Å²) in [6, 6.07) is 6.56. The maximum Gasteiger partial charge on any atom is 0.0904 e. The molecule has 3 rings (SSSR count). The molecule has 1 aliphatic rings. The van der Waals surface area contributed by atoms with Crippen LogP contribution in [0.2, 0.25) is 0 Å². The minimum atomic E-state index is 0. The first-order valence-electron chi connectivity index (χ1n) is 10.5. The highest BCUT2D eigenvalue weighted by Crippen LogP contribution is 2.25. The fourth-order valence-electron chi connectivity index (χ4n) is 3.64. The lowest BCUT2D eigenvalue weighted by molar-refractivity contribution is 0.605. The normalized spacial score (nSPS) is 14.9. The van der Waals surface area contributed by atoms with Gasteiger partial charge < -0.3 is 9.97 Å². The van der Waals surface area contributed by atoms with Gasteiger partial charge in [0, 0.05) is 17.6 Å². The molecule has 4 heteroatoms. The fraction of sp³-hybridized carbons (Fsp3) is 0.458. The Bertz CT molecular complexity index is 836. The molecule has 2 aromatic rings. The Morgan fingerprint density at radius 1 is 1.04 bits per heavy atom. The van der Waals surface area contributed by atoms with E-state index in [9.17, 15) is 0 Å². The summed E-state index contributed by atoms with van der Waals surface area (Å²) < 4.78 is 0. The van der Waals surface area contributed by atoms with Gasteiger partial charge in [-0.25, -0.2) is 4.99 Å². The number of halogens is 1. The minimum absolute atomic E-state index is 0. The highest BCUT2D eigenvalue weighted by atomic mass is 35.5. The van der Waals surface area contributed by atoms with E-state index in [1.165, 1.54) is 55.4 Å². The molecule has 0 spiro atoms. The van der Waals surface area contributed by atoms with Crippen molar-refractivity contribution in [1.82, 2.24) is 9.97 Å². The predicted octanol–water partition coefficient (Wildman–Crippen LogP) is 7.16. The number of hydrogen-bond donors (Lipinski definition) is 2. The molecule has 0 bridgehead atoms. The smallest absolute Gasteiger partial charge is 0.0904 e. The second kappa shape index (κ2) is 11.1. The third kappa shape index (κ3) is 6.00. The van der Waals surface area contributed by atoms with Gasteiger partial charge in [-0.1, -0.05) is 46.0 Å². The number of allylic oxidation sites excluding steroid dienone is 2. The third-order valence-corrected chi connectivity index (χ3v) is 5.20. The molecule has 3 nitrogen and oxygen atoms in total. The van der Waals surface area contributed by atoms with Gasteiger partial charge in [-0.15, -0.1) is 12.4 Å². The van der Waals surface area contributed by atoms with E-state index >= 15 is 0 Å². The number of nitrogens with one attached hydrogen (secondary N) is 2.